The van der Waals surface area contributed by atoms with E-state index in [2.05, 4.69) is 22.3 Å². The fourth-order valence-electron chi connectivity index (χ4n) is 2.02. The van der Waals surface area contributed by atoms with Gasteiger partial charge in [0.25, 0.3) is 0 Å². The molecule has 1 unspecified atom stereocenters. The van der Waals surface area contributed by atoms with Gasteiger partial charge in [0.15, 0.2) is 0 Å². The molecule has 0 bridgehead atoms. The van der Waals surface area contributed by atoms with Gasteiger partial charge in [-0.1, -0.05) is 0 Å². The Morgan fingerprint density at radius 2 is 2.22 bits per heavy atom. The fourth-order valence-corrected chi connectivity index (χ4v) is 2.02. The minimum absolute atomic E-state index is 0.150. The van der Waals surface area contributed by atoms with Crippen molar-refractivity contribution in [1.29, 1.82) is 0 Å². The molecule has 1 N–H and O–H groups in total. The molecule has 0 aliphatic rings. The molecular formula is C13H18N4O. The van der Waals surface area contributed by atoms with E-state index in [0.717, 1.165) is 11.4 Å². The minimum Gasteiger partial charge on any atom is -0.480 e. The first-order chi connectivity index (χ1) is 8.61. The van der Waals surface area contributed by atoms with Gasteiger partial charge in [-0.05, 0) is 26.0 Å². The summed E-state index contributed by atoms with van der Waals surface area (Å²) in [7, 11) is 3.54. The second-order valence-electron chi connectivity index (χ2n) is 4.27. The molecule has 2 heterocycles. The molecule has 0 amide bonds. The normalized spacial score (nSPS) is 12.2. The zero-order valence-electron chi connectivity index (χ0n) is 11.1. The van der Waals surface area contributed by atoms with E-state index in [0.29, 0.717) is 5.88 Å². The molecule has 0 spiro atoms. The summed E-state index contributed by atoms with van der Waals surface area (Å²) in [5.41, 5.74) is 3.08. The van der Waals surface area contributed by atoms with E-state index in [4.69, 9.17) is 4.74 Å². The monoisotopic (exact) mass is 246 g/mol. The Bertz CT molecular complexity index is 536. The summed E-state index contributed by atoms with van der Waals surface area (Å²) in [5.74, 6) is 0.603. The number of ether oxygens (including phenoxy) is 1. The van der Waals surface area contributed by atoms with Crippen LogP contribution >= 0.6 is 0 Å². The lowest BCUT2D eigenvalue weighted by molar-refractivity contribution is 0.399. The first kappa shape index (κ1) is 12.4. The molecule has 0 saturated carbocycles. The van der Waals surface area contributed by atoms with Gasteiger partial charge in [0, 0.05) is 25.0 Å². The largest absolute Gasteiger partial charge is 0.480 e. The van der Waals surface area contributed by atoms with Crippen LogP contribution in [0, 0.1) is 6.92 Å². The van der Waals surface area contributed by atoms with Crippen molar-refractivity contribution in [2.45, 2.75) is 19.9 Å². The summed E-state index contributed by atoms with van der Waals surface area (Å²) in [6, 6.07) is 3.98. The third-order valence-corrected chi connectivity index (χ3v) is 2.85. The highest BCUT2D eigenvalue weighted by Gasteiger charge is 2.13. The fraction of sp³-hybridized carbons (Fsp3) is 0.385. The highest BCUT2D eigenvalue weighted by molar-refractivity contribution is 5.53. The standard InChI is InChI=1S/C13H18N4O/c1-9(11-8-17(3)16-10(11)2)15-12-6-5-7-14-13(12)18-4/h5-9,15H,1-4H3. The van der Waals surface area contributed by atoms with Crippen LogP contribution in [0.1, 0.15) is 24.2 Å². The molecule has 0 aromatic carbocycles. The first-order valence-corrected chi connectivity index (χ1v) is 5.87. The van der Waals surface area contributed by atoms with Crippen molar-refractivity contribution in [3.8, 4) is 5.88 Å². The van der Waals surface area contributed by atoms with Crippen LogP contribution in [0.2, 0.25) is 0 Å². The highest BCUT2D eigenvalue weighted by atomic mass is 16.5. The Labute approximate surface area is 107 Å². The SMILES string of the molecule is COc1ncccc1NC(C)c1cn(C)nc1C. The quantitative estimate of drug-likeness (QED) is 0.899. The Morgan fingerprint density at radius 1 is 1.44 bits per heavy atom. The molecule has 2 aromatic rings. The van der Waals surface area contributed by atoms with Gasteiger partial charge in [-0.2, -0.15) is 5.10 Å². The predicted octanol–water partition coefficient (Wildman–Crippen LogP) is 2.31. The van der Waals surface area contributed by atoms with Crippen LogP contribution in [0.5, 0.6) is 5.88 Å². The Morgan fingerprint density at radius 3 is 2.83 bits per heavy atom. The molecule has 5 heteroatoms. The molecule has 0 saturated heterocycles. The number of aromatic nitrogens is 3. The highest BCUT2D eigenvalue weighted by Crippen LogP contribution is 2.26. The third kappa shape index (κ3) is 2.45. The van der Waals surface area contributed by atoms with E-state index in [1.54, 1.807) is 13.3 Å². The number of aryl methyl sites for hydroxylation is 2. The van der Waals surface area contributed by atoms with Crippen molar-refractivity contribution in [1.82, 2.24) is 14.8 Å². The van der Waals surface area contributed by atoms with Crippen LogP contribution < -0.4 is 10.1 Å². The molecule has 0 aliphatic heterocycles. The smallest absolute Gasteiger partial charge is 0.237 e. The van der Waals surface area contributed by atoms with Crippen molar-refractivity contribution >= 4 is 5.69 Å². The maximum Gasteiger partial charge on any atom is 0.237 e. The molecule has 96 valence electrons. The molecule has 0 fully saturated rings. The van der Waals surface area contributed by atoms with Crippen molar-refractivity contribution in [2.24, 2.45) is 7.05 Å². The third-order valence-electron chi connectivity index (χ3n) is 2.85. The van der Waals surface area contributed by atoms with E-state index in [1.165, 1.54) is 5.56 Å². The molecule has 2 aromatic heterocycles. The van der Waals surface area contributed by atoms with Crippen LogP contribution in [-0.2, 0) is 7.05 Å². The molecule has 1 atom stereocenters. The molecule has 18 heavy (non-hydrogen) atoms. The zero-order chi connectivity index (χ0) is 13.1. The van der Waals surface area contributed by atoms with Crippen molar-refractivity contribution in [3.05, 3.63) is 35.8 Å². The maximum atomic E-state index is 5.22. The second-order valence-corrected chi connectivity index (χ2v) is 4.27. The van der Waals surface area contributed by atoms with Gasteiger partial charge in [0.1, 0.15) is 0 Å². The minimum atomic E-state index is 0.150. The first-order valence-electron chi connectivity index (χ1n) is 5.87. The van der Waals surface area contributed by atoms with Gasteiger partial charge in [-0.15, -0.1) is 0 Å². The number of nitrogens with zero attached hydrogens (tertiary/aromatic N) is 3. The number of hydrogen-bond acceptors (Lipinski definition) is 4. The lowest BCUT2D eigenvalue weighted by atomic mass is 10.1. The Hall–Kier alpha value is -2.04. The molecular weight excluding hydrogens is 228 g/mol. The van der Waals surface area contributed by atoms with Gasteiger partial charge in [0.05, 0.1) is 24.5 Å². The van der Waals surface area contributed by atoms with Gasteiger partial charge >= 0.3 is 0 Å². The average Bonchev–Trinajstić information content (AvgIpc) is 2.69. The molecule has 2 rings (SSSR count). The number of rotatable bonds is 4. The summed E-state index contributed by atoms with van der Waals surface area (Å²) in [5, 5.41) is 7.74. The number of hydrogen-bond donors (Lipinski definition) is 1. The van der Waals surface area contributed by atoms with E-state index in [9.17, 15) is 0 Å². The summed E-state index contributed by atoms with van der Waals surface area (Å²) in [6.45, 7) is 4.10. The summed E-state index contributed by atoms with van der Waals surface area (Å²) < 4.78 is 7.05. The van der Waals surface area contributed by atoms with Crippen LogP contribution in [0.3, 0.4) is 0 Å². The van der Waals surface area contributed by atoms with E-state index in [1.807, 2.05) is 37.0 Å². The van der Waals surface area contributed by atoms with Crippen molar-refractivity contribution in [2.75, 3.05) is 12.4 Å². The molecule has 0 aliphatic carbocycles. The molecule has 0 radical (unpaired) electrons. The van der Waals surface area contributed by atoms with Crippen LogP contribution in [0.25, 0.3) is 0 Å². The van der Waals surface area contributed by atoms with E-state index in [-0.39, 0.29) is 6.04 Å². The zero-order valence-corrected chi connectivity index (χ0v) is 11.1. The van der Waals surface area contributed by atoms with Gasteiger partial charge in [-0.3, -0.25) is 4.68 Å². The lowest BCUT2D eigenvalue weighted by Crippen LogP contribution is -2.08. The number of methoxy groups -OCH3 is 1. The van der Waals surface area contributed by atoms with Gasteiger partial charge in [0.2, 0.25) is 5.88 Å². The predicted molar refractivity (Wildman–Crippen MR) is 70.8 cm³/mol. The Kier molecular flexibility index (Phi) is 3.50. The second kappa shape index (κ2) is 5.08. The van der Waals surface area contributed by atoms with Gasteiger partial charge in [-0.25, -0.2) is 4.98 Å². The lowest BCUT2D eigenvalue weighted by Gasteiger charge is -2.16. The number of nitrogens with one attached hydrogen (secondary N) is 1. The Balaban J connectivity index is 2.21. The molecule has 5 nitrogen and oxygen atoms in total. The summed E-state index contributed by atoms with van der Waals surface area (Å²) >= 11 is 0. The van der Waals surface area contributed by atoms with Crippen molar-refractivity contribution in [3.63, 3.8) is 0 Å². The average molecular weight is 246 g/mol. The van der Waals surface area contributed by atoms with Crippen LogP contribution in [0.4, 0.5) is 5.69 Å². The summed E-state index contributed by atoms with van der Waals surface area (Å²) in [6.07, 6.45) is 3.74. The number of pyridine rings is 1. The maximum absolute atomic E-state index is 5.22. The van der Waals surface area contributed by atoms with E-state index >= 15 is 0 Å². The van der Waals surface area contributed by atoms with Crippen LogP contribution in [0.15, 0.2) is 24.5 Å². The summed E-state index contributed by atoms with van der Waals surface area (Å²) in [4.78, 5) is 4.17. The van der Waals surface area contributed by atoms with Crippen molar-refractivity contribution < 1.29 is 4.74 Å². The number of anilines is 1. The van der Waals surface area contributed by atoms with Gasteiger partial charge < -0.3 is 10.1 Å². The van der Waals surface area contributed by atoms with Crippen LogP contribution in [-0.4, -0.2) is 21.9 Å². The topological polar surface area (TPSA) is 52.0 Å². The van der Waals surface area contributed by atoms with E-state index < -0.39 is 0 Å².